The van der Waals surface area contributed by atoms with Gasteiger partial charge in [0.25, 0.3) is 0 Å². The van der Waals surface area contributed by atoms with E-state index in [0.29, 0.717) is 12.2 Å². The van der Waals surface area contributed by atoms with Crippen LogP contribution >= 0.6 is 0 Å². The summed E-state index contributed by atoms with van der Waals surface area (Å²) in [6.07, 6.45) is -0.104. The van der Waals surface area contributed by atoms with Crippen LogP contribution in [0.25, 0.3) is 16.6 Å². The Balaban J connectivity index is 1.88. The van der Waals surface area contributed by atoms with Crippen molar-refractivity contribution in [1.82, 2.24) is 13.5 Å². The molecule has 0 aliphatic rings. The number of aromatic nitrogens is 3. The van der Waals surface area contributed by atoms with Crippen LogP contribution < -0.4 is 11.4 Å². The molecule has 3 heterocycles. The van der Waals surface area contributed by atoms with Crippen molar-refractivity contribution in [2.45, 2.75) is 33.4 Å². The second-order valence-corrected chi connectivity index (χ2v) is 7.14. The van der Waals surface area contributed by atoms with Crippen molar-refractivity contribution in [2.75, 3.05) is 5.73 Å². The highest BCUT2D eigenvalue weighted by molar-refractivity contribution is 5.77. The van der Waals surface area contributed by atoms with Crippen LogP contribution in [0, 0.1) is 13.8 Å². The topological polar surface area (TPSA) is 94.7 Å². The van der Waals surface area contributed by atoms with Gasteiger partial charge in [-0.15, -0.1) is 0 Å². The molecule has 0 aliphatic heterocycles. The van der Waals surface area contributed by atoms with Gasteiger partial charge in [0.05, 0.1) is 35.2 Å². The molecule has 0 aliphatic carbocycles. The molecule has 7 heteroatoms. The quantitative estimate of drug-likeness (QED) is 0.558. The highest BCUT2D eigenvalue weighted by atomic mass is 16.4. The first-order valence-corrected chi connectivity index (χ1v) is 9.13. The van der Waals surface area contributed by atoms with Crippen molar-refractivity contribution in [3.05, 3.63) is 69.9 Å². The van der Waals surface area contributed by atoms with Gasteiger partial charge in [-0.25, -0.2) is 4.79 Å². The summed E-state index contributed by atoms with van der Waals surface area (Å²) in [4.78, 5) is 24.1. The Morgan fingerprint density at radius 3 is 2.39 bits per heavy atom. The summed E-state index contributed by atoms with van der Waals surface area (Å²) < 4.78 is 5.27. The van der Waals surface area contributed by atoms with Crippen molar-refractivity contribution in [3.63, 3.8) is 0 Å². The van der Waals surface area contributed by atoms with E-state index in [4.69, 9.17) is 10.8 Å². The van der Waals surface area contributed by atoms with Gasteiger partial charge in [-0.05, 0) is 49.7 Å². The molecule has 0 amide bonds. The zero-order valence-corrected chi connectivity index (χ0v) is 15.8. The Morgan fingerprint density at radius 1 is 1.04 bits per heavy atom. The van der Waals surface area contributed by atoms with Gasteiger partial charge in [-0.2, -0.15) is 0 Å². The molecular formula is C21H22N4O3. The molecule has 28 heavy (non-hydrogen) atoms. The maximum absolute atomic E-state index is 13.1. The number of hydrogen-bond acceptors (Lipinski definition) is 3. The number of rotatable bonds is 5. The lowest BCUT2D eigenvalue weighted by Crippen LogP contribution is -2.26. The number of pyridine rings is 1. The van der Waals surface area contributed by atoms with E-state index < -0.39 is 5.97 Å². The highest BCUT2D eigenvalue weighted by Crippen LogP contribution is 2.24. The van der Waals surface area contributed by atoms with Crippen LogP contribution in [0.1, 0.15) is 23.4 Å². The first kappa shape index (κ1) is 17.9. The Bertz CT molecular complexity index is 1280. The molecule has 144 valence electrons. The lowest BCUT2D eigenvalue weighted by molar-refractivity contribution is -0.137. The van der Waals surface area contributed by atoms with Crippen LogP contribution in [-0.2, 0) is 17.9 Å². The first-order valence-electron chi connectivity index (χ1n) is 9.13. The number of carboxylic acid groups (broad SMARTS) is 1. The number of nitrogen functional groups attached to an aromatic ring is 1. The molecule has 0 atom stereocenters. The molecule has 0 spiro atoms. The summed E-state index contributed by atoms with van der Waals surface area (Å²) in [5.74, 6) is -0.930. The second-order valence-electron chi connectivity index (χ2n) is 7.14. The van der Waals surface area contributed by atoms with E-state index in [9.17, 15) is 9.59 Å². The van der Waals surface area contributed by atoms with E-state index in [1.165, 1.54) is 4.57 Å². The van der Waals surface area contributed by atoms with Crippen LogP contribution in [0.4, 0.5) is 5.69 Å². The molecule has 7 nitrogen and oxygen atoms in total. The maximum atomic E-state index is 13.1. The minimum absolute atomic E-state index is 0.104. The number of nitrogens with zero attached hydrogens (tertiary/aromatic N) is 3. The minimum atomic E-state index is -0.930. The van der Waals surface area contributed by atoms with Gasteiger partial charge in [0.15, 0.2) is 0 Å². The smallest absolute Gasteiger partial charge is 0.329 e. The summed E-state index contributed by atoms with van der Waals surface area (Å²) >= 11 is 0. The number of aryl methyl sites for hydroxylation is 3. The highest BCUT2D eigenvalue weighted by Gasteiger charge is 2.16. The number of para-hydroxylation sites is 2. The van der Waals surface area contributed by atoms with Crippen molar-refractivity contribution in [2.24, 2.45) is 0 Å². The third-order valence-corrected chi connectivity index (χ3v) is 5.09. The third-order valence-electron chi connectivity index (χ3n) is 5.09. The number of fused-ring (bicyclic) bond motifs is 2. The number of aliphatic carboxylic acids is 1. The Hall–Kier alpha value is -3.48. The summed E-state index contributed by atoms with van der Waals surface area (Å²) in [6, 6.07) is 13.5. The van der Waals surface area contributed by atoms with E-state index in [2.05, 4.69) is 10.5 Å². The molecule has 0 saturated heterocycles. The predicted octanol–water partition coefficient (Wildman–Crippen LogP) is 2.78. The summed E-state index contributed by atoms with van der Waals surface area (Å²) in [7, 11) is 0. The van der Waals surface area contributed by atoms with Gasteiger partial charge in [0.1, 0.15) is 0 Å². The van der Waals surface area contributed by atoms with Gasteiger partial charge in [0.2, 0.25) is 0 Å². The van der Waals surface area contributed by atoms with E-state index in [-0.39, 0.29) is 18.7 Å². The van der Waals surface area contributed by atoms with Crippen LogP contribution in [0.5, 0.6) is 0 Å². The number of carbonyl (C=O) groups is 1. The molecule has 3 aromatic heterocycles. The van der Waals surface area contributed by atoms with Crippen molar-refractivity contribution in [3.8, 4) is 0 Å². The van der Waals surface area contributed by atoms with Crippen LogP contribution in [0.3, 0.4) is 0 Å². The van der Waals surface area contributed by atoms with Crippen molar-refractivity contribution in [1.29, 1.82) is 0 Å². The predicted molar refractivity (Wildman–Crippen MR) is 109 cm³/mol. The minimum Gasteiger partial charge on any atom is -0.481 e. The van der Waals surface area contributed by atoms with Crippen molar-refractivity contribution >= 4 is 28.2 Å². The summed E-state index contributed by atoms with van der Waals surface area (Å²) in [5.41, 5.74) is 12.2. The Morgan fingerprint density at radius 2 is 1.71 bits per heavy atom. The Kier molecular flexibility index (Phi) is 4.22. The van der Waals surface area contributed by atoms with Gasteiger partial charge in [-0.1, -0.05) is 12.1 Å². The zero-order valence-electron chi connectivity index (χ0n) is 15.8. The molecule has 4 rings (SSSR count). The molecule has 3 N–H and O–H groups in total. The zero-order chi connectivity index (χ0) is 20.0. The molecule has 0 saturated carbocycles. The average molecular weight is 378 g/mol. The maximum Gasteiger partial charge on any atom is 0.329 e. The molecule has 1 aromatic carbocycles. The number of anilines is 1. The lowest BCUT2D eigenvalue weighted by atomic mass is 10.2. The van der Waals surface area contributed by atoms with Gasteiger partial charge in [-0.3, -0.25) is 13.9 Å². The number of carboxylic acids is 1. The summed E-state index contributed by atoms with van der Waals surface area (Å²) in [6.45, 7) is 4.53. The van der Waals surface area contributed by atoms with Gasteiger partial charge < -0.3 is 15.2 Å². The number of imidazole rings is 1. The van der Waals surface area contributed by atoms with E-state index in [0.717, 1.165) is 33.5 Å². The van der Waals surface area contributed by atoms with E-state index >= 15 is 0 Å². The molecule has 0 fully saturated rings. The number of nitrogens with two attached hydrogens (primary N) is 1. The second kappa shape index (κ2) is 6.60. The normalized spacial score (nSPS) is 11.5. The number of hydrogen-bond donors (Lipinski definition) is 2. The Labute approximate surface area is 161 Å². The average Bonchev–Trinajstić information content (AvgIpc) is 3.09. The first-order chi connectivity index (χ1) is 13.4. The van der Waals surface area contributed by atoms with Crippen LogP contribution in [0.15, 0.2) is 47.3 Å². The molecule has 0 unspecified atom stereocenters. The largest absolute Gasteiger partial charge is 0.481 e. The van der Waals surface area contributed by atoms with Gasteiger partial charge in [0, 0.05) is 17.9 Å². The van der Waals surface area contributed by atoms with E-state index in [1.54, 1.807) is 4.57 Å². The molecule has 0 bridgehead atoms. The van der Waals surface area contributed by atoms with Crippen LogP contribution in [0.2, 0.25) is 0 Å². The molecular weight excluding hydrogens is 356 g/mol. The fraction of sp³-hybridized carbons (Fsp3) is 0.238. The van der Waals surface area contributed by atoms with E-state index in [1.807, 2.05) is 50.2 Å². The molecule has 0 radical (unpaired) electrons. The SMILES string of the molecule is Cc1cc(C)n2c(Cn3c(=O)n(CCC(=O)O)c4ccccc43)cc(N)c2c1. The number of benzene rings is 1. The standard InChI is InChI=1S/C21H22N4O3/c1-13-9-14(2)25-15(11-16(22)19(25)10-13)12-24-18-6-4-3-5-17(18)23(21(24)28)8-7-20(26)27/h3-6,9-11H,7-8,12,22H2,1-2H3,(H,26,27). The van der Waals surface area contributed by atoms with Crippen LogP contribution in [-0.4, -0.2) is 24.6 Å². The summed E-state index contributed by atoms with van der Waals surface area (Å²) in [5, 5.41) is 9.01. The van der Waals surface area contributed by atoms with Crippen molar-refractivity contribution < 1.29 is 9.90 Å². The monoisotopic (exact) mass is 378 g/mol. The molecule has 4 aromatic rings. The fourth-order valence-electron chi connectivity index (χ4n) is 3.94. The third kappa shape index (κ3) is 2.85. The lowest BCUT2D eigenvalue weighted by Gasteiger charge is -2.09. The fourth-order valence-corrected chi connectivity index (χ4v) is 3.94. The van der Waals surface area contributed by atoms with Gasteiger partial charge >= 0.3 is 11.7 Å².